The van der Waals surface area contributed by atoms with E-state index in [2.05, 4.69) is 212 Å². The molecule has 0 unspecified atom stereocenters. The van der Waals surface area contributed by atoms with E-state index in [4.69, 9.17) is 15.0 Å². The summed E-state index contributed by atoms with van der Waals surface area (Å²) in [6.45, 7) is 0. The molecule has 0 saturated carbocycles. The van der Waals surface area contributed by atoms with Crippen LogP contribution in [0, 0.1) is 0 Å². The zero-order valence-electron chi connectivity index (χ0n) is 34.1. The van der Waals surface area contributed by atoms with Crippen LogP contribution in [0.25, 0.3) is 120 Å². The molecule has 10 aromatic carbocycles. The highest BCUT2D eigenvalue weighted by atomic mass is 32.1. The summed E-state index contributed by atoms with van der Waals surface area (Å²) < 4.78 is 2.55. The van der Waals surface area contributed by atoms with Crippen LogP contribution < -0.4 is 0 Å². The van der Waals surface area contributed by atoms with E-state index in [1.54, 1.807) is 0 Å². The first-order chi connectivity index (χ1) is 31.2. The van der Waals surface area contributed by atoms with E-state index in [1.165, 1.54) is 41.7 Å². The van der Waals surface area contributed by atoms with Crippen LogP contribution in [-0.4, -0.2) is 15.0 Å². The first-order valence-corrected chi connectivity index (χ1v) is 22.1. The summed E-state index contributed by atoms with van der Waals surface area (Å²) in [5.41, 5.74) is 11.6. The normalized spacial score (nSPS) is 11.5. The highest BCUT2D eigenvalue weighted by Gasteiger charge is 2.20. The fourth-order valence-corrected chi connectivity index (χ4v) is 10.3. The van der Waals surface area contributed by atoms with Crippen LogP contribution in [0.2, 0.25) is 0 Å². The SMILES string of the molecule is c1ccc(-c2ccccc2-c2nc(-c3cc(-c4ccc5c(c4)sc4ccccc45)cc(-c4cc5ccccc5c5ccccc45)c3)nc(-c3ccccc3-c3ccccc3)n2)cc1. The molecule has 294 valence electrons. The number of benzene rings is 10. The first kappa shape index (κ1) is 36.8. The summed E-state index contributed by atoms with van der Waals surface area (Å²) in [5, 5.41) is 7.43. The molecule has 0 aliphatic rings. The van der Waals surface area contributed by atoms with Crippen LogP contribution in [-0.2, 0) is 0 Å². The number of aromatic nitrogens is 3. The molecule has 3 nitrogen and oxygen atoms in total. The minimum atomic E-state index is 0.608. The molecule has 2 heterocycles. The lowest BCUT2D eigenvalue weighted by molar-refractivity contribution is 1.07. The van der Waals surface area contributed by atoms with Gasteiger partial charge in [-0.1, -0.05) is 188 Å². The lowest BCUT2D eigenvalue weighted by Crippen LogP contribution is -2.02. The zero-order valence-corrected chi connectivity index (χ0v) is 34.9. The van der Waals surface area contributed by atoms with E-state index >= 15 is 0 Å². The monoisotopic (exact) mass is 819 g/mol. The Bertz CT molecular complexity index is 3580. The maximum Gasteiger partial charge on any atom is 0.164 e. The Morgan fingerprint density at radius 1 is 0.238 bits per heavy atom. The van der Waals surface area contributed by atoms with Gasteiger partial charge in [-0.3, -0.25) is 0 Å². The van der Waals surface area contributed by atoms with E-state index in [1.807, 2.05) is 23.5 Å². The van der Waals surface area contributed by atoms with Crippen molar-refractivity contribution in [1.29, 1.82) is 0 Å². The maximum absolute atomic E-state index is 5.43. The van der Waals surface area contributed by atoms with Crippen molar-refractivity contribution in [2.24, 2.45) is 0 Å². The second-order valence-electron chi connectivity index (χ2n) is 15.9. The average Bonchev–Trinajstić information content (AvgIpc) is 3.74. The molecular formula is C59H37N3S. The Hall–Kier alpha value is -8.05. The molecule has 0 radical (unpaired) electrons. The third-order valence-corrected chi connectivity index (χ3v) is 13.3. The summed E-state index contributed by atoms with van der Waals surface area (Å²) in [7, 11) is 0. The molecule has 0 spiro atoms. The summed E-state index contributed by atoms with van der Waals surface area (Å²) in [5.74, 6) is 1.84. The zero-order chi connectivity index (χ0) is 41.7. The number of hydrogen-bond donors (Lipinski definition) is 0. The number of fused-ring (bicyclic) bond motifs is 6. The summed E-state index contributed by atoms with van der Waals surface area (Å²) in [4.78, 5) is 16.2. The second-order valence-corrected chi connectivity index (χ2v) is 17.0. The van der Waals surface area contributed by atoms with Crippen LogP contribution in [0.1, 0.15) is 0 Å². The van der Waals surface area contributed by atoms with E-state index in [0.29, 0.717) is 17.5 Å². The van der Waals surface area contributed by atoms with Crippen molar-refractivity contribution in [3.05, 3.63) is 224 Å². The predicted molar refractivity (Wildman–Crippen MR) is 266 cm³/mol. The molecular weight excluding hydrogens is 783 g/mol. The molecule has 4 heteroatoms. The third-order valence-electron chi connectivity index (χ3n) is 12.1. The number of thiophene rings is 1. The van der Waals surface area contributed by atoms with Gasteiger partial charge in [0.25, 0.3) is 0 Å². The molecule has 0 amide bonds. The molecule has 0 saturated heterocycles. The highest BCUT2D eigenvalue weighted by Crippen LogP contribution is 2.42. The summed E-state index contributed by atoms with van der Waals surface area (Å²) >= 11 is 1.84. The van der Waals surface area contributed by atoms with Gasteiger partial charge in [0.05, 0.1) is 0 Å². The van der Waals surface area contributed by atoms with Crippen molar-refractivity contribution < 1.29 is 0 Å². The van der Waals surface area contributed by atoms with E-state index < -0.39 is 0 Å². The lowest BCUT2D eigenvalue weighted by atomic mass is 9.90. The Morgan fingerprint density at radius 3 is 1.41 bits per heavy atom. The molecule has 12 rings (SSSR count). The van der Waals surface area contributed by atoms with Gasteiger partial charge in [-0.25, -0.2) is 15.0 Å². The number of nitrogens with zero attached hydrogens (tertiary/aromatic N) is 3. The molecule has 12 aromatic rings. The van der Waals surface area contributed by atoms with Gasteiger partial charge in [0.2, 0.25) is 0 Å². The average molecular weight is 820 g/mol. The maximum atomic E-state index is 5.43. The number of hydrogen-bond acceptors (Lipinski definition) is 4. The quantitative estimate of drug-likeness (QED) is 0.150. The molecule has 0 aliphatic heterocycles. The molecule has 63 heavy (non-hydrogen) atoms. The van der Waals surface area contributed by atoms with Crippen molar-refractivity contribution in [3.8, 4) is 78.7 Å². The Kier molecular flexibility index (Phi) is 9.02. The van der Waals surface area contributed by atoms with Crippen LogP contribution >= 0.6 is 11.3 Å². The van der Waals surface area contributed by atoms with Gasteiger partial charge >= 0.3 is 0 Å². The molecule has 0 aliphatic carbocycles. The standard InChI is InChI=1S/C59H37N3S/c1-3-17-38(18-4-1)45-22-9-13-28-52(45)58-60-57(61-59(62-58)53-29-14-10-23-46(53)39-19-5-2-6-20-39)44-34-42(40-31-32-51-50-27-15-16-30-55(50)63-56(51)37-40)33-43(35-44)54-36-41-21-7-8-24-47(41)48-25-11-12-26-49(48)54/h1-37H. The molecule has 0 N–H and O–H groups in total. The van der Waals surface area contributed by atoms with Gasteiger partial charge in [-0.05, 0) is 102 Å². The van der Waals surface area contributed by atoms with E-state index in [-0.39, 0.29) is 0 Å². The van der Waals surface area contributed by atoms with Crippen molar-refractivity contribution >= 4 is 53.1 Å². The Balaban J connectivity index is 1.14. The minimum absolute atomic E-state index is 0.608. The van der Waals surface area contributed by atoms with Crippen molar-refractivity contribution in [2.75, 3.05) is 0 Å². The lowest BCUT2D eigenvalue weighted by Gasteiger charge is -2.16. The van der Waals surface area contributed by atoms with Crippen LogP contribution in [0.3, 0.4) is 0 Å². The first-order valence-electron chi connectivity index (χ1n) is 21.3. The van der Waals surface area contributed by atoms with Crippen molar-refractivity contribution in [3.63, 3.8) is 0 Å². The topological polar surface area (TPSA) is 38.7 Å². The van der Waals surface area contributed by atoms with Gasteiger partial charge in [-0.15, -0.1) is 11.3 Å². The van der Waals surface area contributed by atoms with Gasteiger partial charge in [0.15, 0.2) is 17.5 Å². The second kappa shape index (κ2) is 15.4. The largest absolute Gasteiger partial charge is 0.208 e. The smallest absolute Gasteiger partial charge is 0.164 e. The minimum Gasteiger partial charge on any atom is -0.208 e. The van der Waals surface area contributed by atoms with Gasteiger partial charge < -0.3 is 0 Å². The van der Waals surface area contributed by atoms with Gasteiger partial charge in [0.1, 0.15) is 0 Å². The van der Waals surface area contributed by atoms with E-state index in [0.717, 1.165) is 61.2 Å². The van der Waals surface area contributed by atoms with E-state index in [9.17, 15) is 0 Å². The third kappa shape index (κ3) is 6.65. The Morgan fingerprint density at radius 2 is 0.730 bits per heavy atom. The fourth-order valence-electron chi connectivity index (χ4n) is 9.12. The molecule has 0 atom stereocenters. The summed E-state index contributed by atoms with van der Waals surface area (Å²) in [6.07, 6.45) is 0. The molecule has 0 bridgehead atoms. The molecule has 2 aromatic heterocycles. The number of rotatable bonds is 7. The summed E-state index contributed by atoms with van der Waals surface area (Å²) in [6, 6.07) is 80.0. The van der Waals surface area contributed by atoms with Crippen LogP contribution in [0.5, 0.6) is 0 Å². The predicted octanol–water partition coefficient (Wildman–Crippen LogP) is 16.2. The Labute approximate surface area is 369 Å². The highest BCUT2D eigenvalue weighted by molar-refractivity contribution is 7.25. The van der Waals surface area contributed by atoms with Gasteiger partial charge in [-0.2, -0.15) is 0 Å². The van der Waals surface area contributed by atoms with Crippen LogP contribution in [0.15, 0.2) is 224 Å². The fraction of sp³-hybridized carbons (Fsp3) is 0. The van der Waals surface area contributed by atoms with Crippen LogP contribution in [0.4, 0.5) is 0 Å². The van der Waals surface area contributed by atoms with Gasteiger partial charge in [0, 0.05) is 36.9 Å². The molecule has 0 fully saturated rings. The van der Waals surface area contributed by atoms with Crippen molar-refractivity contribution in [2.45, 2.75) is 0 Å². The van der Waals surface area contributed by atoms with Crippen molar-refractivity contribution in [1.82, 2.24) is 15.0 Å².